The number of carbonyl (C=O) groups is 2. The van der Waals surface area contributed by atoms with E-state index in [4.69, 9.17) is 15.3 Å². The molecule has 0 radical (unpaired) electrons. The molecule has 1 aromatic carbocycles. The molecule has 0 saturated carbocycles. The monoisotopic (exact) mass is 668 g/mol. The molecule has 3 unspecified atom stereocenters. The van der Waals surface area contributed by atoms with Crippen LogP contribution in [0.15, 0.2) is 52.9 Å². The smallest absolute Gasteiger partial charge is 0.462 e. The number of allylic oxidation sites excluding steroid dienone is 1. The minimum Gasteiger partial charge on any atom is -0.465 e. The molecule has 0 bridgehead atoms. The number of nitrogens with one attached hydrogen (secondary N) is 1. The average molecular weight is 668 g/mol. The third-order valence-electron chi connectivity index (χ3n) is 10.7. The van der Waals surface area contributed by atoms with E-state index < -0.39 is 18.1 Å². The van der Waals surface area contributed by atoms with Gasteiger partial charge < -0.3 is 15.8 Å². The van der Waals surface area contributed by atoms with Crippen LogP contribution in [0.2, 0.25) is 0 Å². The van der Waals surface area contributed by atoms with E-state index in [1.165, 1.54) is 103 Å². The van der Waals surface area contributed by atoms with Gasteiger partial charge >= 0.3 is 12.1 Å². The molecule has 8 heteroatoms. The van der Waals surface area contributed by atoms with Crippen molar-refractivity contribution in [3.8, 4) is 0 Å². The fourth-order valence-corrected chi connectivity index (χ4v) is 7.54. The number of carbonyl (C=O) groups excluding carboxylic acids is 2. The fourth-order valence-electron chi connectivity index (χ4n) is 7.54. The van der Waals surface area contributed by atoms with Crippen molar-refractivity contribution in [2.75, 3.05) is 26.7 Å². The van der Waals surface area contributed by atoms with Crippen molar-refractivity contribution >= 4 is 12.1 Å². The average Bonchev–Trinajstić information content (AvgIpc) is 3.09. The third kappa shape index (κ3) is 11.1. The molecule has 2 aliphatic heterocycles. The zero-order valence-corrected chi connectivity index (χ0v) is 31.0. The maximum absolute atomic E-state index is 13.2. The Kier molecular flexibility index (Phi) is 17.6. The summed E-state index contributed by atoms with van der Waals surface area (Å²) < 4.78 is 5.16. The van der Waals surface area contributed by atoms with Gasteiger partial charge in [-0.2, -0.15) is 0 Å². The Morgan fingerprint density at radius 3 is 1.90 bits per heavy atom. The first-order chi connectivity index (χ1) is 23.3. The minimum atomic E-state index is -0.451. The maximum Gasteiger partial charge on any atom is 0.462 e. The van der Waals surface area contributed by atoms with Crippen LogP contribution in [0, 0.1) is 0 Å². The van der Waals surface area contributed by atoms with Crippen LogP contribution >= 0.6 is 0 Å². The number of nitrogens with zero attached hydrogens (tertiary/aromatic N) is 2. The number of hydroxylamine groups is 3. The summed E-state index contributed by atoms with van der Waals surface area (Å²) in [5, 5.41) is 2.99. The first-order valence-corrected chi connectivity index (χ1v) is 19.2. The zero-order chi connectivity index (χ0) is 34.8. The number of hydrogen-bond donors (Lipinski definition) is 2. The Labute approximate surface area is 292 Å². The second kappa shape index (κ2) is 21.3. The number of esters is 1. The van der Waals surface area contributed by atoms with Crippen molar-refractivity contribution in [1.82, 2.24) is 10.2 Å². The van der Waals surface area contributed by atoms with E-state index in [1.807, 2.05) is 39.0 Å². The van der Waals surface area contributed by atoms with Crippen LogP contribution < -0.4 is 11.1 Å². The summed E-state index contributed by atoms with van der Waals surface area (Å²) >= 11 is 0. The molecule has 1 amide bonds. The lowest BCUT2D eigenvalue weighted by Gasteiger charge is -2.48. The van der Waals surface area contributed by atoms with Crippen LogP contribution in [0.1, 0.15) is 142 Å². The highest BCUT2D eigenvalue weighted by Crippen LogP contribution is 2.43. The van der Waals surface area contributed by atoms with Crippen molar-refractivity contribution in [3.63, 3.8) is 0 Å². The maximum atomic E-state index is 13.2. The number of methoxy groups -OCH3 is 1. The zero-order valence-electron chi connectivity index (χ0n) is 31.0. The van der Waals surface area contributed by atoms with Crippen LogP contribution in [0.25, 0.3) is 0 Å². The number of likely N-dealkylation sites (N-methyl/N-ethyl adjacent to an activating group) is 1. The van der Waals surface area contributed by atoms with Gasteiger partial charge in [0.1, 0.15) is 6.54 Å². The van der Waals surface area contributed by atoms with Crippen LogP contribution in [0.4, 0.5) is 4.79 Å². The largest absolute Gasteiger partial charge is 0.465 e. The standard InChI is InChI=1S/C40H66N4O4/c1-6-8-9-10-11-12-13-14-15-16-17-18-19-20-21-25-29-42-40(46)48-44(7-2)32(3)36(37(39(45)47-5)38(41)33(44)4)35-28-30-43(35)31-34-26-23-22-24-27-34/h22-24,26-27,33,35H,6-21,25,28-31H2,1-5H3,(H2-,41,42,45,46)/p+1. The molecule has 1 aromatic rings. The lowest BCUT2D eigenvalue weighted by atomic mass is 9.82. The van der Waals surface area contributed by atoms with Crippen molar-refractivity contribution in [1.29, 1.82) is 0 Å². The molecular formula is C40H67N4O4+. The molecule has 8 nitrogen and oxygen atoms in total. The molecule has 0 aliphatic carbocycles. The molecule has 3 N–H and O–H groups in total. The van der Waals surface area contributed by atoms with E-state index in [0.717, 1.165) is 43.6 Å². The Morgan fingerprint density at radius 1 is 0.875 bits per heavy atom. The summed E-state index contributed by atoms with van der Waals surface area (Å²) in [5.74, 6) is -0.442. The lowest BCUT2D eigenvalue weighted by Crippen LogP contribution is -2.61. The van der Waals surface area contributed by atoms with E-state index in [2.05, 4.69) is 29.3 Å². The van der Waals surface area contributed by atoms with Gasteiger partial charge in [-0.1, -0.05) is 138 Å². The molecule has 2 aliphatic rings. The van der Waals surface area contributed by atoms with Gasteiger partial charge in [-0.05, 0) is 32.3 Å². The number of hydrogen-bond acceptors (Lipinski definition) is 6. The summed E-state index contributed by atoms with van der Waals surface area (Å²) in [4.78, 5) is 35.0. The van der Waals surface area contributed by atoms with Crippen molar-refractivity contribution in [2.45, 2.75) is 155 Å². The van der Waals surface area contributed by atoms with Crippen LogP contribution in [0.5, 0.6) is 0 Å². The first-order valence-electron chi connectivity index (χ1n) is 19.2. The van der Waals surface area contributed by atoms with Gasteiger partial charge in [0.15, 0.2) is 11.7 Å². The van der Waals surface area contributed by atoms with Gasteiger partial charge in [0.25, 0.3) is 0 Å². The molecule has 3 rings (SSSR count). The van der Waals surface area contributed by atoms with E-state index in [9.17, 15) is 9.59 Å². The summed E-state index contributed by atoms with van der Waals surface area (Å²) in [5.41, 5.74) is 10.4. The van der Waals surface area contributed by atoms with Crippen LogP contribution in [-0.4, -0.2) is 60.4 Å². The normalized spacial score (nSPS) is 21.3. The van der Waals surface area contributed by atoms with E-state index in [-0.39, 0.29) is 10.7 Å². The third-order valence-corrected chi connectivity index (χ3v) is 10.7. The molecule has 48 heavy (non-hydrogen) atoms. The van der Waals surface area contributed by atoms with E-state index in [0.29, 0.717) is 24.4 Å². The van der Waals surface area contributed by atoms with Crippen molar-refractivity contribution in [3.05, 3.63) is 58.4 Å². The van der Waals surface area contributed by atoms with E-state index in [1.54, 1.807) is 0 Å². The van der Waals surface area contributed by atoms with Gasteiger partial charge in [0.05, 0.1) is 18.4 Å². The topological polar surface area (TPSA) is 93.9 Å². The first kappa shape index (κ1) is 39.6. The Hall–Kier alpha value is -2.84. The number of nitrogens with two attached hydrogens (primary N) is 1. The van der Waals surface area contributed by atoms with Gasteiger partial charge in [0.2, 0.25) is 0 Å². The highest BCUT2D eigenvalue weighted by Gasteiger charge is 2.52. The molecule has 1 saturated heterocycles. The molecule has 0 spiro atoms. The predicted octanol–water partition coefficient (Wildman–Crippen LogP) is 9.06. The van der Waals surface area contributed by atoms with Gasteiger partial charge in [-0.3, -0.25) is 4.90 Å². The number of rotatable bonds is 23. The molecule has 3 atom stereocenters. The van der Waals surface area contributed by atoms with E-state index >= 15 is 0 Å². The molecular weight excluding hydrogens is 600 g/mol. The molecule has 270 valence electrons. The number of likely N-dealkylation sites (tertiary alicyclic amines) is 1. The van der Waals surface area contributed by atoms with Crippen molar-refractivity contribution < 1.29 is 23.8 Å². The molecule has 2 heterocycles. The summed E-state index contributed by atoms with van der Waals surface area (Å²) in [6.07, 6.45) is 21.5. The van der Waals surface area contributed by atoms with Crippen molar-refractivity contribution in [2.24, 2.45) is 5.73 Å². The number of benzene rings is 1. The molecule has 1 fully saturated rings. The Morgan fingerprint density at radius 2 is 1.42 bits per heavy atom. The second-order valence-corrected chi connectivity index (χ2v) is 14.0. The quantitative estimate of drug-likeness (QED) is 0.0687. The van der Waals surface area contributed by atoms with Gasteiger partial charge in [-0.25, -0.2) is 14.4 Å². The fraction of sp³-hybridized carbons (Fsp3) is 0.700. The number of quaternary nitrogens is 1. The van der Waals surface area contributed by atoms with Gasteiger partial charge in [-0.15, -0.1) is 0 Å². The SMILES string of the molecule is CCCCCCCCCCCCCCCCCCNC(=O)O[N+]1(CC)C(C)=C(C2CCN2Cc2ccccc2)C(C(=O)OC)=C(N)C1C. The second-order valence-electron chi connectivity index (χ2n) is 14.0. The summed E-state index contributed by atoms with van der Waals surface area (Å²) in [6.45, 7) is 10.9. The number of unbranched alkanes of at least 4 members (excludes halogenated alkanes) is 15. The highest BCUT2D eigenvalue weighted by atomic mass is 16.8. The van der Waals surface area contributed by atoms with Gasteiger partial charge in [0, 0.05) is 38.2 Å². The summed E-state index contributed by atoms with van der Waals surface area (Å²) in [7, 11) is 1.39. The van der Waals surface area contributed by atoms with Crippen LogP contribution in [0.3, 0.4) is 0 Å². The number of amides is 1. The Balaban J connectivity index is 1.45. The highest BCUT2D eigenvalue weighted by molar-refractivity contribution is 5.95. The Bertz CT molecular complexity index is 1180. The predicted molar refractivity (Wildman–Crippen MR) is 195 cm³/mol. The summed E-state index contributed by atoms with van der Waals surface area (Å²) in [6, 6.07) is 9.87. The van der Waals surface area contributed by atoms with Crippen LogP contribution in [-0.2, 0) is 20.9 Å². The minimum absolute atomic E-state index is 0.0221. The lowest BCUT2D eigenvalue weighted by molar-refractivity contribution is -1.07. The number of ether oxygens (including phenoxy) is 1. The molecule has 0 aromatic heterocycles.